The molecule has 3 saturated carbocycles. The molecule has 3 nitrogen and oxygen atoms in total. The van der Waals surface area contributed by atoms with Gasteiger partial charge < -0.3 is 9.47 Å². The third-order valence-corrected chi connectivity index (χ3v) is 8.65. The Kier molecular flexibility index (Phi) is 8.65. The Bertz CT molecular complexity index is 770. The van der Waals surface area contributed by atoms with Crippen LogP contribution >= 0.6 is 0 Å². The van der Waals surface area contributed by atoms with Crippen LogP contribution in [0.5, 0.6) is 11.5 Å². The summed E-state index contributed by atoms with van der Waals surface area (Å²) in [4.78, 5) is 11.3. The highest BCUT2D eigenvalue weighted by molar-refractivity contribution is 5.79. The Morgan fingerprint density at radius 2 is 1.12 bits per heavy atom. The van der Waals surface area contributed by atoms with Crippen LogP contribution in [0.1, 0.15) is 90.4 Å². The molecule has 184 valence electrons. The van der Waals surface area contributed by atoms with Crippen LogP contribution in [-0.2, 0) is 4.79 Å². The molecule has 1 aromatic rings. The molecule has 1 aromatic carbocycles. The Morgan fingerprint density at radius 3 is 1.58 bits per heavy atom. The summed E-state index contributed by atoms with van der Waals surface area (Å²) in [5.74, 6) is 1.54. The van der Waals surface area contributed by atoms with E-state index in [1.165, 1.54) is 57.1 Å². The predicted molar refractivity (Wildman–Crippen MR) is 126 cm³/mol. The lowest BCUT2D eigenvalue weighted by Crippen LogP contribution is -2.27. The first-order valence-corrected chi connectivity index (χ1v) is 13.3. The summed E-state index contributed by atoms with van der Waals surface area (Å²) in [5.41, 5.74) is 0. The SMILES string of the molecule is CCC1CCC(C2CCC(COc3ccc(OCC4CCC(=O)CC4)c(F)c3F)CC2)CC1. The van der Waals surface area contributed by atoms with Crippen molar-refractivity contribution in [2.24, 2.45) is 29.6 Å². The second-order valence-electron chi connectivity index (χ2n) is 10.8. The van der Waals surface area contributed by atoms with Gasteiger partial charge in [0.25, 0.3) is 0 Å². The van der Waals surface area contributed by atoms with E-state index in [1.54, 1.807) is 0 Å². The highest BCUT2D eigenvalue weighted by atomic mass is 19.2. The maximum absolute atomic E-state index is 14.6. The Balaban J connectivity index is 1.20. The van der Waals surface area contributed by atoms with Gasteiger partial charge in [0.1, 0.15) is 5.78 Å². The summed E-state index contributed by atoms with van der Waals surface area (Å²) in [6, 6.07) is 2.95. The number of rotatable bonds is 8. The normalized spacial score (nSPS) is 29.1. The third-order valence-electron chi connectivity index (χ3n) is 8.65. The zero-order valence-electron chi connectivity index (χ0n) is 20.1. The van der Waals surface area contributed by atoms with E-state index in [-0.39, 0.29) is 23.2 Å². The molecule has 3 fully saturated rings. The van der Waals surface area contributed by atoms with Gasteiger partial charge in [-0.1, -0.05) is 26.2 Å². The molecule has 4 rings (SSSR count). The van der Waals surface area contributed by atoms with Crippen molar-refractivity contribution in [2.45, 2.75) is 90.4 Å². The molecule has 0 atom stereocenters. The quantitative estimate of drug-likeness (QED) is 0.401. The maximum Gasteiger partial charge on any atom is 0.204 e. The molecule has 0 bridgehead atoms. The zero-order chi connectivity index (χ0) is 23.2. The van der Waals surface area contributed by atoms with Crippen molar-refractivity contribution in [3.05, 3.63) is 23.8 Å². The van der Waals surface area contributed by atoms with Gasteiger partial charge >= 0.3 is 0 Å². The molecular formula is C28H40F2O3. The number of ether oxygens (including phenoxy) is 2. The van der Waals surface area contributed by atoms with Crippen molar-refractivity contribution in [2.75, 3.05) is 13.2 Å². The average Bonchev–Trinajstić information content (AvgIpc) is 2.86. The molecule has 0 aliphatic heterocycles. The van der Waals surface area contributed by atoms with Gasteiger partial charge in [0.15, 0.2) is 11.5 Å². The fourth-order valence-corrected chi connectivity index (χ4v) is 6.21. The number of carbonyl (C=O) groups excluding carboxylic acids is 1. The standard InChI is InChI=1S/C28H40F2O3/c1-2-19-3-9-22(10-4-19)23-11-5-20(6-12-23)17-32-25-15-16-26(28(30)27(25)29)33-18-21-7-13-24(31)14-8-21/h15-16,19-23H,2-14,17-18H2,1H3. The van der Waals surface area contributed by atoms with Gasteiger partial charge in [-0.05, 0) is 93.1 Å². The summed E-state index contributed by atoms with van der Waals surface area (Å²) in [6.45, 7) is 3.07. The molecule has 0 saturated heterocycles. The lowest BCUT2D eigenvalue weighted by Gasteiger charge is -2.37. The number of carbonyl (C=O) groups is 1. The van der Waals surface area contributed by atoms with E-state index < -0.39 is 11.6 Å². The molecule has 0 aromatic heterocycles. The number of hydrogen-bond acceptors (Lipinski definition) is 3. The van der Waals surface area contributed by atoms with Crippen LogP contribution in [0, 0.1) is 41.2 Å². The van der Waals surface area contributed by atoms with Crippen LogP contribution in [-0.4, -0.2) is 19.0 Å². The molecule has 33 heavy (non-hydrogen) atoms. The highest BCUT2D eigenvalue weighted by Crippen LogP contribution is 2.42. The van der Waals surface area contributed by atoms with Crippen LogP contribution < -0.4 is 9.47 Å². The van der Waals surface area contributed by atoms with Crippen molar-refractivity contribution >= 4 is 5.78 Å². The van der Waals surface area contributed by atoms with E-state index in [2.05, 4.69) is 6.92 Å². The molecule has 3 aliphatic rings. The molecular weight excluding hydrogens is 422 g/mol. The first kappa shape index (κ1) is 24.5. The summed E-state index contributed by atoms with van der Waals surface area (Å²) >= 11 is 0. The zero-order valence-corrected chi connectivity index (χ0v) is 20.1. The Labute approximate surface area is 197 Å². The van der Waals surface area contributed by atoms with Gasteiger partial charge in [0.2, 0.25) is 11.6 Å². The molecule has 0 spiro atoms. The van der Waals surface area contributed by atoms with Gasteiger partial charge in [-0.15, -0.1) is 0 Å². The van der Waals surface area contributed by atoms with Crippen molar-refractivity contribution in [3.63, 3.8) is 0 Å². The van der Waals surface area contributed by atoms with Crippen LogP contribution in [0.3, 0.4) is 0 Å². The lowest BCUT2D eigenvalue weighted by molar-refractivity contribution is -0.121. The second-order valence-corrected chi connectivity index (χ2v) is 10.8. The van der Waals surface area contributed by atoms with E-state index in [0.717, 1.165) is 43.4 Å². The molecule has 5 heteroatoms. The van der Waals surface area contributed by atoms with Crippen LogP contribution in [0.2, 0.25) is 0 Å². The number of benzene rings is 1. The minimum atomic E-state index is -0.981. The van der Waals surface area contributed by atoms with Crippen molar-refractivity contribution in [1.29, 1.82) is 0 Å². The van der Waals surface area contributed by atoms with Crippen LogP contribution in [0.15, 0.2) is 12.1 Å². The maximum atomic E-state index is 14.6. The summed E-state index contributed by atoms with van der Waals surface area (Å²) in [5, 5.41) is 0. The molecule has 0 radical (unpaired) electrons. The first-order chi connectivity index (χ1) is 16.0. The minimum Gasteiger partial charge on any atom is -0.490 e. The van der Waals surface area contributed by atoms with E-state index in [0.29, 0.717) is 32.0 Å². The molecule has 0 amide bonds. The van der Waals surface area contributed by atoms with Gasteiger partial charge in [0.05, 0.1) is 13.2 Å². The first-order valence-electron chi connectivity index (χ1n) is 13.3. The van der Waals surface area contributed by atoms with Gasteiger partial charge in [-0.2, -0.15) is 8.78 Å². The summed E-state index contributed by atoms with van der Waals surface area (Å²) in [6.07, 6.45) is 14.2. The summed E-state index contributed by atoms with van der Waals surface area (Å²) < 4.78 is 40.4. The van der Waals surface area contributed by atoms with Gasteiger partial charge in [0, 0.05) is 12.8 Å². The molecule has 3 aliphatic carbocycles. The second kappa shape index (κ2) is 11.7. The topological polar surface area (TPSA) is 35.5 Å². The van der Waals surface area contributed by atoms with Gasteiger partial charge in [-0.25, -0.2) is 0 Å². The lowest BCUT2D eigenvalue weighted by atomic mass is 9.69. The smallest absolute Gasteiger partial charge is 0.204 e. The van der Waals surface area contributed by atoms with Crippen LogP contribution in [0.4, 0.5) is 8.78 Å². The largest absolute Gasteiger partial charge is 0.490 e. The average molecular weight is 463 g/mol. The van der Waals surface area contributed by atoms with Gasteiger partial charge in [-0.3, -0.25) is 4.79 Å². The minimum absolute atomic E-state index is 0.0249. The van der Waals surface area contributed by atoms with E-state index in [9.17, 15) is 13.6 Å². The highest BCUT2D eigenvalue weighted by Gasteiger charge is 2.31. The monoisotopic (exact) mass is 462 g/mol. The number of hydrogen-bond donors (Lipinski definition) is 0. The summed E-state index contributed by atoms with van der Waals surface area (Å²) in [7, 11) is 0. The number of ketones is 1. The van der Waals surface area contributed by atoms with Crippen molar-refractivity contribution in [3.8, 4) is 11.5 Å². The van der Waals surface area contributed by atoms with Crippen molar-refractivity contribution in [1.82, 2.24) is 0 Å². The van der Waals surface area contributed by atoms with E-state index in [4.69, 9.17) is 9.47 Å². The molecule has 0 heterocycles. The number of Topliss-reactive ketones (excluding diaryl/α,β-unsaturated/α-hetero) is 1. The molecule has 0 N–H and O–H groups in total. The van der Waals surface area contributed by atoms with E-state index >= 15 is 0 Å². The van der Waals surface area contributed by atoms with Crippen molar-refractivity contribution < 1.29 is 23.0 Å². The fraction of sp³-hybridized carbons (Fsp3) is 0.750. The Hall–Kier alpha value is -1.65. The predicted octanol–water partition coefficient (Wildman–Crippen LogP) is 7.50. The third kappa shape index (κ3) is 6.48. The Morgan fingerprint density at radius 1 is 0.697 bits per heavy atom. The van der Waals surface area contributed by atoms with Crippen LogP contribution in [0.25, 0.3) is 0 Å². The number of halogens is 2. The fourth-order valence-electron chi connectivity index (χ4n) is 6.21. The van der Waals surface area contributed by atoms with E-state index in [1.807, 2.05) is 0 Å². The molecule has 0 unspecified atom stereocenters.